The van der Waals surface area contributed by atoms with Gasteiger partial charge >= 0.3 is 0 Å². The number of rotatable bonds is 2. The van der Waals surface area contributed by atoms with E-state index in [4.69, 9.17) is 11.6 Å². The Morgan fingerprint density at radius 1 is 1.11 bits per heavy atom. The van der Waals surface area contributed by atoms with Gasteiger partial charge in [0.05, 0.1) is 11.0 Å². The van der Waals surface area contributed by atoms with Crippen LogP contribution in [-0.4, -0.2) is 9.97 Å². The van der Waals surface area contributed by atoms with E-state index in [2.05, 4.69) is 42.0 Å². The number of halogens is 1. The van der Waals surface area contributed by atoms with Gasteiger partial charge in [0.25, 0.3) is 0 Å². The second-order valence-electron chi connectivity index (χ2n) is 4.94. The quantitative estimate of drug-likeness (QED) is 0.733. The van der Waals surface area contributed by atoms with Crippen molar-refractivity contribution in [3.8, 4) is 0 Å². The Balaban J connectivity index is 1.97. The highest BCUT2D eigenvalue weighted by atomic mass is 35.5. The average Bonchev–Trinajstić information content (AvgIpc) is 2.71. The van der Waals surface area contributed by atoms with Crippen LogP contribution in [0.5, 0.6) is 0 Å². The molecule has 0 aliphatic heterocycles. The fraction of sp³-hybridized carbons (Fsp3) is 0.188. The van der Waals surface area contributed by atoms with Crippen LogP contribution in [0.2, 0.25) is 5.02 Å². The predicted molar refractivity (Wildman–Crippen MR) is 79.8 cm³/mol. The normalized spacial score (nSPS) is 11.1. The number of nitrogens with zero attached hydrogens (tertiary/aromatic N) is 1. The summed E-state index contributed by atoms with van der Waals surface area (Å²) < 4.78 is 0. The van der Waals surface area contributed by atoms with Crippen molar-refractivity contribution < 1.29 is 0 Å². The molecule has 19 heavy (non-hydrogen) atoms. The Hall–Kier alpha value is -1.80. The molecule has 3 rings (SSSR count). The van der Waals surface area contributed by atoms with E-state index in [-0.39, 0.29) is 0 Å². The molecule has 0 aliphatic rings. The van der Waals surface area contributed by atoms with Gasteiger partial charge < -0.3 is 4.98 Å². The van der Waals surface area contributed by atoms with Gasteiger partial charge in [-0.3, -0.25) is 0 Å². The number of hydrogen-bond acceptors (Lipinski definition) is 1. The maximum absolute atomic E-state index is 6.00. The summed E-state index contributed by atoms with van der Waals surface area (Å²) in [5, 5.41) is 0.764. The Morgan fingerprint density at radius 2 is 1.89 bits per heavy atom. The average molecular weight is 271 g/mol. The van der Waals surface area contributed by atoms with Crippen molar-refractivity contribution in [1.29, 1.82) is 0 Å². The summed E-state index contributed by atoms with van der Waals surface area (Å²) in [6.45, 7) is 4.23. The maximum atomic E-state index is 6.00. The Morgan fingerprint density at radius 3 is 2.68 bits per heavy atom. The van der Waals surface area contributed by atoms with E-state index >= 15 is 0 Å². The number of nitrogens with one attached hydrogen (secondary N) is 1. The Labute approximate surface area is 117 Å². The molecule has 3 aromatic rings. The van der Waals surface area contributed by atoms with E-state index < -0.39 is 0 Å². The maximum Gasteiger partial charge on any atom is 0.111 e. The molecule has 2 nitrogen and oxygen atoms in total. The highest BCUT2D eigenvalue weighted by Gasteiger charge is 2.06. The van der Waals surface area contributed by atoms with Gasteiger partial charge in [0.2, 0.25) is 0 Å². The van der Waals surface area contributed by atoms with Crippen LogP contribution in [0.15, 0.2) is 36.4 Å². The first-order valence-corrected chi connectivity index (χ1v) is 6.70. The van der Waals surface area contributed by atoms with Crippen molar-refractivity contribution in [2.24, 2.45) is 0 Å². The lowest BCUT2D eigenvalue weighted by molar-refractivity contribution is 1.04. The summed E-state index contributed by atoms with van der Waals surface area (Å²) in [6.07, 6.45) is 0.771. The van der Waals surface area contributed by atoms with Gasteiger partial charge in [-0.2, -0.15) is 0 Å². The van der Waals surface area contributed by atoms with Crippen LogP contribution in [0.4, 0.5) is 0 Å². The molecule has 0 saturated carbocycles. The number of imidazole rings is 1. The fourth-order valence-corrected chi connectivity index (χ4v) is 2.46. The smallest absolute Gasteiger partial charge is 0.111 e. The number of benzene rings is 2. The highest BCUT2D eigenvalue weighted by Crippen LogP contribution is 2.19. The van der Waals surface area contributed by atoms with Gasteiger partial charge in [0, 0.05) is 11.4 Å². The SMILES string of the molecule is Cc1cc2nc(Cc3cccc(Cl)c3)[nH]c2cc1C. The van der Waals surface area contributed by atoms with Crippen molar-refractivity contribution in [3.05, 3.63) is 63.9 Å². The lowest BCUT2D eigenvalue weighted by Gasteiger charge is -1.98. The topological polar surface area (TPSA) is 28.7 Å². The van der Waals surface area contributed by atoms with Crippen LogP contribution < -0.4 is 0 Å². The van der Waals surface area contributed by atoms with E-state index in [1.54, 1.807) is 0 Å². The lowest BCUT2D eigenvalue weighted by atomic mass is 10.1. The molecule has 1 aromatic heterocycles. The van der Waals surface area contributed by atoms with E-state index in [1.165, 1.54) is 16.7 Å². The summed E-state index contributed by atoms with van der Waals surface area (Å²) in [5.41, 5.74) is 5.85. The predicted octanol–water partition coefficient (Wildman–Crippen LogP) is 4.42. The lowest BCUT2D eigenvalue weighted by Crippen LogP contribution is -1.90. The zero-order valence-electron chi connectivity index (χ0n) is 11.0. The Kier molecular flexibility index (Phi) is 3.03. The molecule has 0 unspecified atom stereocenters. The molecule has 0 fully saturated rings. The van der Waals surface area contributed by atoms with Gasteiger partial charge in [-0.25, -0.2) is 4.98 Å². The van der Waals surface area contributed by atoms with Gasteiger partial charge in [0.15, 0.2) is 0 Å². The van der Waals surface area contributed by atoms with Gasteiger partial charge in [-0.15, -0.1) is 0 Å². The summed E-state index contributed by atoms with van der Waals surface area (Å²) in [6, 6.07) is 12.2. The zero-order valence-corrected chi connectivity index (χ0v) is 11.8. The molecule has 2 aromatic carbocycles. The van der Waals surface area contributed by atoms with Crippen molar-refractivity contribution in [1.82, 2.24) is 9.97 Å². The standard InChI is InChI=1S/C16H15ClN2/c1-10-6-14-15(7-11(10)2)19-16(18-14)9-12-4-3-5-13(17)8-12/h3-8H,9H2,1-2H3,(H,18,19). The van der Waals surface area contributed by atoms with E-state index in [1.807, 2.05) is 18.2 Å². The van der Waals surface area contributed by atoms with Crippen molar-refractivity contribution >= 4 is 22.6 Å². The van der Waals surface area contributed by atoms with E-state index in [9.17, 15) is 0 Å². The largest absolute Gasteiger partial charge is 0.342 e. The Bertz CT molecular complexity index is 705. The van der Waals surface area contributed by atoms with E-state index in [0.29, 0.717) is 0 Å². The molecular formula is C16H15ClN2. The first-order chi connectivity index (χ1) is 9.11. The molecule has 0 saturated heterocycles. The molecule has 0 radical (unpaired) electrons. The van der Waals surface area contributed by atoms with Gasteiger partial charge in [-0.1, -0.05) is 23.7 Å². The zero-order chi connectivity index (χ0) is 13.4. The molecule has 1 heterocycles. The number of fused-ring (bicyclic) bond motifs is 1. The first-order valence-electron chi connectivity index (χ1n) is 6.32. The minimum Gasteiger partial charge on any atom is -0.342 e. The highest BCUT2D eigenvalue weighted by molar-refractivity contribution is 6.30. The summed E-state index contributed by atoms with van der Waals surface area (Å²) >= 11 is 6.00. The van der Waals surface area contributed by atoms with Crippen LogP contribution >= 0.6 is 11.6 Å². The van der Waals surface area contributed by atoms with Gasteiger partial charge in [-0.05, 0) is 54.8 Å². The third-order valence-electron chi connectivity index (χ3n) is 3.41. The van der Waals surface area contributed by atoms with Crippen LogP contribution in [0.3, 0.4) is 0 Å². The monoisotopic (exact) mass is 270 g/mol. The molecule has 0 atom stereocenters. The summed E-state index contributed by atoms with van der Waals surface area (Å²) in [5.74, 6) is 0.974. The van der Waals surface area contributed by atoms with E-state index in [0.717, 1.165) is 28.3 Å². The molecule has 0 bridgehead atoms. The van der Waals surface area contributed by atoms with Crippen LogP contribution in [0, 0.1) is 13.8 Å². The van der Waals surface area contributed by atoms with Crippen LogP contribution in [0.1, 0.15) is 22.5 Å². The molecule has 3 heteroatoms. The van der Waals surface area contributed by atoms with Crippen LogP contribution in [-0.2, 0) is 6.42 Å². The molecule has 0 aliphatic carbocycles. The second kappa shape index (κ2) is 4.71. The molecule has 1 N–H and O–H groups in total. The van der Waals surface area contributed by atoms with Gasteiger partial charge in [0.1, 0.15) is 5.82 Å². The van der Waals surface area contributed by atoms with Crippen molar-refractivity contribution in [2.75, 3.05) is 0 Å². The minimum atomic E-state index is 0.764. The molecular weight excluding hydrogens is 256 g/mol. The van der Waals surface area contributed by atoms with Crippen molar-refractivity contribution in [3.63, 3.8) is 0 Å². The summed E-state index contributed by atoms with van der Waals surface area (Å²) in [7, 11) is 0. The van der Waals surface area contributed by atoms with Crippen molar-refractivity contribution in [2.45, 2.75) is 20.3 Å². The number of hydrogen-bond donors (Lipinski definition) is 1. The molecule has 0 amide bonds. The fourth-order valence-electron chi connectivity index (χ4n) is 2.25. The van der Waals surface area contributed by atoms with Crippen LogP contribution in [0.25, 0.3) is 11.0 Å². The minimum absolute atomic E-state index is 0.764. The first kappa shape index (κ1) is 12.2. The number of H-pyrrole nitrogens is 1. The third-order valence-corrected chi connectivity index (χ3v) is 3.64. The summed E-state index contributed by atoms with van der Waals surface area (Å²) in [4.78, 5) is 8.02. The number of aromatic nitrogens is 2. The molecule has 96 valence electrons. The molecule has 0 spiro atoms. The second-order valence-corrected chi connectivity index (χ2v) is 5.38. The third kappa shape index (κ3) is 2.49. The number of aryl methyl sites for hydroxylation is 2. The number of aromatic amines is 1.